The quantitative estimate of drug-likeness (QED) is 0.0389. The maximum atomic E-state index is 13.6. The van der Waals surface area contributed by atoms with Crippen molar-refractivity contribution in [3.05, 3.63) is 191 Å². The molecule has 14 heteroatoms. The molecular weight excluding hydrogens is 1060 g/mol. The second-order valence-corrected chi connectivity index (χ2v) is 21.6. The minimum Gasteiger partial charge on any atom is -0.493 e. The number of rotatable bonds is 21. The van der Waals surface area contributed by atoms with E-state index in [9.17, 15) is 9.59 Å². The van der Waals surface area contributed by atoms with Crippen LogP contribution in [0.5, 0.6) is 11.5 Å². The van der Waals surface area contributed by atoms with E-state index in [0.29, 0.717) is 83.6 Å². The molecule has 14 nitrogen and oxygen atoms in total. The van der Waals surface area contributed by atoms with Gasteiger partial charge in [-0.3, -0.25) is 9.36 Å². The number of fused-ring (bicyclic) bond motifs is 5. The molecule has 4 aromatic heterocycles. The Balaban J connectivity index is 0.000000189. The van der Waals surface area contributed by atoms with Crippen molar-refractivity contribution < 1.29 is 38.0 Å². The molecule has 5 heterocycles. The highest BCUT2D eigenvalue weighted by molar-refractivity contribution is 6.07. The normalized spacial score (nSPS) is 12.3. The first kappa shape index (κ1) is 59.4. The van der Waals surface area contributed by atoms with Gasteiger partial charge in [0.05, 0.1) is 80.1 Å². The van der Waals surface area contributed by atoms with Crippen molar-refractivity contribution in [1.82, 2.24) is 28.7 Å². The summed E-state index contributed by atoms with van der Waals surface area (Å²) in [5.41, 5.74) is 15.6. The van der Waals surface area contributed by atoms with Crippen molar-refractivity contribution in [3.63, 3.8) is 0 Å². The lowest BCUT2D eigenvalue weighted by molar-refractivity contribution is 0.0502. The molecule has 85 heavy (non-hydrogen) atoms. The number of nitrogens with zero attached hydrogens (tertiary/aromatic N) is 6. The van der Waals surface area contributed by atoms with Crippen molar-refractivity contribution in [2.75, 3.05) is 39.6 Å². The number of hydrogen-bond acceptors (Lipinski definition) is 10. The largest absolute Gasteiger partial charge is 0.493 e. The van der Waals surface area contributed by atoms with Gasteiger partial charge < -0.3 is 37.6 Å². The van der Waals surface area contributed by atoms with Gasteiger partial charge in [-0.05, 0) is 119 Å². The molecule has 0 amide bonds. The molecule has 10 aromatic rings. The molecule has 0 unspecified atom stereocenters. The average Bonchev–Trinajstić information content (AvgIpc) is 1.75. The summed E-state index contributed by atoms with van der Waals surface area (Å²) < 4.78 is 43.9. The second kappa shape index (κ2) is 26.9. The van der Waals surface area contributed by atoms with E-state index < -0.39 is 0 Å². The van der Waals surface area contributed by atoms with Gasteiger partial charge in [-0.25, -0.2) is 9.59 Å². The smallest absolute Gasteiger partial charge is 0.355 e. The average molecular weight is 1140 g/mol. The maximum Gasteiger partial charge on any atom is 0.355 e. The lowest BCUT2D eigenvalue weighted by Gasteiger charge is -2.18. The van der Waals surface area contributed by atoms with E-state index in [1.165, 1.54) is 0 Å². The summed E-state index contributed by atoms with van der Waals surface area (Å²) in [4.78, 5) is 27.2. The molecular formula is C71H78N6O8. The monoisotopic (exact) mass is 1140 g/mol. The van der Waals surface area contributed by atoms with E-state index in [4.69, 9.17) is 38.6 Å². The van der Waals surface area contributed by atoms with Crippen LogP contribution in [-0.2, 0) is 72.2 Å². The summed E-state index contributed by atoms with van der Waals surface area (Å²) in [5, 5.41) is 16.1. The van der Waals surface area contributed by atoms with Crippen LogP contribution < -0.4 is 9.47 Å². The number of carbonyl (C=O) groups is 2. The Kier molecular flexibility index (Phi) is 18.8. The zero-order chi connectivity index (χ0) is 59.7. The number of ether oxygens (including phenoxy) is 6. The molecule has 440 valence electrons. The molecule has 0 fully saturated rings. The zero-order valence-corrected chi connectivity index (χ0v) is 50.5. The van der Waals surface area contributed by atoms with Crippen molar-refractivity contribution in [1.29, 1.82) is 0 Å². The molecule has 0 aliphatic carbocycles. The standard InChI is InChI=1S/C37H41N3O4.C34H37N3O4/c1-7-21-40-35-30(20-19-25(4)33(35)34-26(5)38-39(6)31(34)24-42-22-8-2)29(36(40)37(41)43-9-3)17-13-23-44-32-18-12-15-27-14-10-11-16-28(27)32;1-5-40-34(38)33-26(14-9-20-41-29-15-8-12-24-11-6-7-13-25(24)29)27-17-16-22(2)30-31-23(3)35-36(4)28(31)21-39-19-10-18-37(33)32(27)30/h7-8,10-12,14-16,18-20H,1-2,9,13,17,21-24H2,3-6H3;6-8,11-13,15-17H,5,9-10,14,18-21H2,1-4H3. The molecule has 0 radical (unpaired) electrons. The fourth-order valence-electron chi connectivity index (χ4n) is 12.4. The fraction of sp³-hybridized carbons (Fsp3) is 0.324. The van der Waals surface area contributed by atoms with Crippen LogP contribution in [0.3, 0.4) is 0 Å². The number of esters is 2. The summed E-state index contributed by atoms with van der Waals surface area (Å²) in [6.45, 7) is 24.5. The fourth-order valence-corrected chi connectivity index (χ4v) is 12.4. The predicted octanol–water partition coefficient (Wildman–Crippen LogP) is 14.8. The van der Waals surface area contributed by atoms with Gasteiger partial charge in [-0.1, -0.05) is 109 Å². The molecule has 0 saturated heterocycles. The third-order valence-corrected chi connectivity index (χ3v) is 16.0. The summed E-state index contributed by atoms with van der Waals surface area (Å²) in [5.74, 6) is 1.13. The van der Waals surface area contributed by atoms with Crippen molar-refractivity contribution in [2.45, 2.75) is 99.9 Å². The molecule has 0 spiro atoms. The van der Waals surface area contributed by atoms with Gasteiger partial charge in [-0.15, -0.1) is 13.2 Å². The van der Waals surface area contributed by atoms with Gasteiger partial charge in [0.25, 0.3) is 0 Å². The van der Waals surface area contributed by atoms with E-state index in [1.807, 2.05) is 106 Å². The van der Waals surface area contributed by atoms with Gasteiger partial charge in [-0.2, -0.15) is 10.2 Å². The Bertz CT molecular complexity index is 4090. The molecule has 11 rings (SSSR count). The number of allylic oxidation sites excluding steroid dienone is 1. The Morgan fingerprint density at radius 1 is 0.612 bits per heavy atom. The molecule has 0 N–H and O–H groups in total. The maximum absolute atomic E-state index is 13.6. The second-order valence-electron chi connectivity index (χ2n) is 21.6. The number of carbonyl (C=O) groups excluding carboxylic acids is 2. The van der Waals surface area contributed by atoms with E-state index >= 15 is 0 Å². The van der Waals surface area contributed by atoms with Gasteiger partial charge in [0.1, 0.15) is 22.9 Å². The van der Waals surface area contributed by atoms with E-state index in [2.05, 4.69) is 96.8 Å². The lowest BCUT2D eigenvalue weighted by atomic mass is 9.94. The SMILES string of the molecule is C=CCOCc1c(-c2c(C)ccc3c(CCCOc4cccc5ccccc45)c(C(=O)OCC)n(CC=C)c23)c(C)nn1C.CCOC(=O)c1c(CCCOc2cccc3ccccc23)c2ccc(C)c3c2n1CCCOCc1c-3c(C)nn1C. The Labute approximate surface area is 498 Å². The third kappa shape index (κ3) is 12.0. The first-order chi connectivity index (χ1) is 41.4. The Morgan fingerprint density at radius 2 is 1.15 bits per heavy atom. The topological polar surface area (TPSA) is 135 Å². The highest BCUT2D eigenvalue weighted by Gasteiger charge is 2.31. The van der Waals surface area contributed by atoms with E-state index in [1.54, 1.807) is 6.08 Å². The van der Waals surface area contributed by atoms with Crippen LogP contribution in [0.2, 0.25) is 0 Å². The summed E-state index contributed by atoms with van der Waals surface area (Å²) in [7, 11) is 3.91. The van der Waals surface area contributed by atoms with Gasteiger partial charge in [0.15, 0.2) is 0 Å². The first-order valence-corrected chi connectivity index (χ1v) is 29.7. The number of benzene rings is 6. The first-order valence-electron chi connectivity index (χ1n) is 29.7. The molecule has 0 bridgehead atoms. The Morgan fingerprint density at radius 3 is 1.75 bits per heavy atom. The number of hydrogen-bond donors (Lipinski definition) is 0. The van der Waals surface area contributed by atoms with Crippen LogP contribution in [0.15, 0.2) is 135 Å². The summed E-state index contributed by atoms with van der Waals surface area (Å²) >= 11 is 0. The van der Waals surface area contributed by atoms with Crippen LogP contribution in [0.4, 0.5) is 0 Å². The van der Waals surface area contributed by atoms with Crippen molar-refractivity contribution in [3.8, 4) is 33.8 Å². The molecule has 0 atom stereocenters. The predicted molar refractivity (Wildman–Crippen MR) is 339 cm³/mol. The van der Waals surface area contributed by atoms with Crippen molar-refractivity contribution >= 4 is 55.3 Å². The van der Waals surface area contributed by atoms with E-state index in [0.717, 1.165) is 141 Å². The van der Waals surface area contributed by atoms with Gasteiger partial charge >= 0.3 is 11.9 Å². The highest BCUT2D eigenvalue weighted by Crippen LogP contribution is 2.43. The van der Waals surface area contributed by atoms with Crippen LogP contribution in [0.25, 0.3) is 65.6 Å². The lowest BCUT2D eigenvalue weighted by Crippen LogP contribution is -2.16. The third-order valence-electron chi connectivity index (χ3n) is 16.0. The number of aromatic nitrogens is 6. The van der Waals surface area contributed by atoms with Gasteiger partial charge in [0, 0.05) is 77.6 Å². The zero-order valence-electron chi connectivity index (χ0n) is 50.5. The Hall–Kier alpha value is -8.72. The van der Waals surface area contributed by atoms with Crippen LogP contribution in [0.1, 0.15) is 99.1 Å². The highest BCUT2D eigenvalue weighted by atomic mass is 16.5. The minimum absolute atomic E-state index is 0.279. The number of aryl methyl sites for hydroxylation is 9. The molecule has 1 aliphatic heterocycles. The van der Waals surface area contributed by atoms with E-state index in [-0.39, 0.29) is 18.5 Å². The molecule has 6 aromatic carbocycles. The summed E-state index contributed by atoms with van der Waals surface area (Å²) in [6, 6.07) is 37.3. The molecule has 1 aliphatic rings. The van der Waals surface area contributed by atoms with Crippen LogP contribution in [-0.4, -0.2) is 80.3 Å². The van der Waals surface area contributed by atoms with Crippen LogP contribution in [0, 0.1) is 27.7 Å². The molecule has 0 saturated carbocycles. The van der Waals surface area contributed by atoms with Crippen LogP contribution >= 0.6 is 0 Å². The minimum atomic E-state index is -0.337. The summed E-state index contributed by atoms with van der Waals surface area (Å²) in [6.07, 6.45) is 7.18. The van der Waals surface area contributed by atoms with Gasteiger partial charge in [0.2, 0.25) is 0 Å². The van der Waals surface area contributed by atoms with Crippen molar-refractivity contribution in [2.24, 2.45) is 14.1 Å².